The Bertz CT molecular complexity index is 849. The number of methoxy groups -OCH3 is 1. The molecule has 1 aliphatic heterocycles. The van der Waals surface area contributed by atoms with Gasteiger partial charge in [0.05, 0.1) is 7.11 Å². The molecule has 28 heavy (non-hydrogen) atoms. The molecule has 0 amide bonds. The predicted octanol–water partition coefficient (Wildman–Crippen LogP) is 5.30. The van der Waals surface area contributed by atoms with E-state index in [0.717, 1.165) is 50.2 Å². The number of nitrogens with two attached hydrogens (primary N) is 1. The minimum absolute atomic E-state index is 0.837. The third-order valence-electron chi connectivity index (χ3n) is 5.24. The highest BCUT2D eigenvalue weighted by Crippen LogP contribution is 2.31. The van der Waals surface area contributed by atoms with Crippen LogP contribution >= 0.6 is 0 Å². The van der Waals surface area contributed by atoms with E-state index in [2.05, 4.69) is 61.2 Å². The van der Waals surface area contributed by atoms with Gasteiger partial charge < -0.3 is 15.4 Å². The number of rotatable bonds is 7. The molecular weight excluding hydrogens is 344 g/mol. The van der Waals surface area contributed by atoms with Gasteiger partial charge in [-0.1, -0.05) is 56.3 Å². The van der Waals surface area contributed by atoms with Crippen molar-refractivity contribution < 1.29 is 4.74 Å². The quantitative estimate of drug-likeness (QED) is 0.713. The average molecular weight is 377 g/mol. The van der Waals surface area contributed by atoms with E-state index in [1.165, 1.54) is 28.0 Å². The molecule has 1 aliphatic rings. The number of hydrogen-bond donors (Lipinski definition) is 1. The zero-order valence-corrected chi connectivity index (χ0v) is 17.4. The summed E-state index contributed by atoms with van der Waals surface area (Å²) in [7, 11) is 1.71. The Morgan fingerprint density at radius 1 is 1.07 bits per heavy atom. The van der Waals surface area contributed by atoms with E-state index in [9.17, 15) is 0 Å². The lowest BCUT2D eigenvalue weighted by atomic mass is 9.92. The van der Waals surface area contributed by atoms with E-state index in [0.29, 0.717) is 0 Å². The van der Waals surface area contributed by atoms with Crippen LogP contribution in [0.1, 0.15) is 48.9 Å². The van der Waals surface area contributed by atoms with Crippen LogP contribution in [0.25, 0.3) is 5.70 Å². The molecule has 3 rings (SSSR count). The molecule has 0 aromatic heterocycles. The van der Waals surface area contributed by atoms with Crippen molar-refractivity contribution in [3.05, 3.63) is 82.6 Å². The Kier molecular flexibility index (Phi) is 6.80. The van der Waals surface area contributed by atoms with Crippen molar-refractivity contribution in [2.75, 3.05) is 13.7 Å². The topological polar surface area (TPSA) is 38.5 Å². The number of allylic oxidation sites excluding steroid dienone is 3. The SMILES string of the molecule is CC/C=C1/c2ccc(C/C(N)=C\CC)cc2CCN1Cc1ccc(OC)cc1. The van der Waals surface area contributed by atoms with Crippen molar-refractivity contribution in [3.8, 4) is 5.75 Å². The van der Waals surface area contributed by atoms with E-state index in [-0.39, 0.29) is 0 Å². The normalized spacial score (nSPS) is 15.6. The van der Waals surface area contributed by atoms with E-state index in [1.54, 1.807) is 7.11 Å². The van der Waals surface area contributed by atoms with Gasteiger partial charge in [-0.3, -0.25) is 0 Å². The molecule has 2 aromatic carbocycles. The summed E-state index contributed by atoms with van der Waals surface area (Å²) < 4.78 is 5.28. The zero-order valence-electron chi connectivity index (χ0n) is 17.4. The van der Waals surface area contributed by atoms with E-state index >= 15 is 0 Å². The first kappa shape index (κ1) is 20.1. The number of nitrogens with zero attached hydrogens (tertiary/aromatic N) is 1. The van der Waals surface area contributed by atoms with Crippen LogP contribution in [0.15, 0.2) is 60.3 Å². The highest BCUT2D eigenvalue weighted by molar-refractivity contribution is 5.69. The van der Waals surface area contributed by atoms with Crippen LogP contribution in [0, 0.1) is 0 Å². The molecule has 3 heteroatoms. The maximum atomic E-state index is 6.13. The van der Waals surface area contributed by atoms with Crippen molar-refractivity contribution >= 4 is 5.70 Å². The largest absolute Gasteiger partial charge is 0.497 e. The Labute approximate surface area is 169 Å². The second-order valence-corrected chi connectivity index (χ2v) is 7.37. The highest BCUT2D eigenvalue weighted by atomic mass is 16.5. The van der Waals surface area contributed by atoms with Gasteiger partial charge in [0, 0.05) is 36.5 Å². The van der Waals surface area contributed by atoms with Crippen molar-refractivity contribution in [2.24, 2.45) is 5.73 Å². The first-order valence-electron chi connectivity index (χ1n) is 10.3. The fourth-order valence-corrected chi connectivity index (χ4v) is 3.88. The Balaban J connectivity index is 1.82. The van der Waals surface area contributed by atoms with Crippen molar-refractivity contribution in [3.63, 3.8) is 0 Å². The Morgan fingerprint density at radius 2 is 1.82 bits per heavy atom. The second-order valence-electron chi connectivity index (χ2n) is 7.37. The maximum Gasteiger partial charge on any atom is 0.118 e. The van der Waals surface area contributed by atoms with Crippen molar-refractivity contribution in [2.45, 2.75) is 46.1 Å². The molecule has 0 fully saturated rings. The molecule has 0 unspecified atom stereocenters. The second kappa shape index (κ2) is 9.50. The monoisotopic (exact) mass is 376 g/mol. The number of fused-ring (bicyclic) bond motifs is 1. The minimum atomic E-state index is 0.837. The molecule has 3 nitrogen and oxygen atoms in total. The number of hydrogen-bond acceptors (Lipinski definition) is 3. The summed E-state index contributed by atoms with van der Waals surface area (Å²) in [5, 5.41) is 0. The van der Waals surface area contributed by atoms with E-state index in [4.69, 9.17) is 10.5 Å². The smallest absolute Gasteiger partial charge is 0.118 e. The molecule has 0 spiro atoms. The standard InChI is InChI=1S/C25H32N2O/c1-4-6-22(26)17-20-10-13-24-21(16-20)14-15-27(25(24)7-5-2)18-19-8-11-23(28-3)12-9-19/h6-13,16H,4-5,14-15,17-18,26H2,1-3H3/b22-6+,25-7-. The molecule has 0 atom stereocenters. The summed E-state index contributed by atoms with van der Waals surface area (Å²) in [6.45, 7) is 6.29. The fourth-order valence-electron chi connectivity index (χ4n) is 3.88. The predicted molar refractivity (Wildman–Crippen MR) is 118 cm³/mol. The summed E-state index contributed by atoms with van der Waals surface area (Å²) in [5.41, 5.74) is 13.9. The molecule has 2 N–H and O–H groups in total. The van der Waals surface area contributed by atoms with Crippen LogP contribution in [0.3, 0.4) is 0 Å². The molecule has 2 aromatic rings. The van der Waals surface area contributed by atoms with E-state index in [1.807, 2.05) is 12.1 Å². The first-order chi connectivity index (χ1) is 13.6. The van der Waals surface area contributed by atoms with Gasteiger partial charge in [-0.05, 0) is 48.1 Å². The van der Waals surface area contributed by atoms with Crippen LogP contribution in [0.2, 0.25) is 0 Å². The van der Waals surface area contributed by atoms with Crippen LogP contribution in [-0.4, -0.2) is 18.6 Å². The van der Waals surface area contributed by atoms with Gasteiger partial charge in [0.25, 0.3) is 0 Å². The van der Waals surface area contributed by atoms with E-state index < -0.39 is 0 Å². The number of benzene rings is 2. The van der Waals surface area contributed by atoms with Crippen LogP contribution < -0.4 is 10.5 Å². The van der Waals surface area contributed by atoms with Gasteiger partial charge in [-0.15, -0.1) is 0 Å². The average Bonchev–Trinajstić information content (AvgIpc) is 2.70. The van der Waals surface area contributed by atoms with Crippen molar-refractivity contribution in [1.29, 1.82) is 0 Å². The van der Waals surface area contributed by atoms with Crippen LogP contribution in [0.5, 0.6) is 5.75 Å². The number of ether oxygens (including phenoxy) is 1. The molecular formula is C25H32N2O. The summed E-state index contributed by atoms with van der Waals surface area (Å²) in [6.07, 6.45) is 8.38. The lowest BCUT2D eigenvalue weighted by molar-refractivity contribution is 0.381. The molecule has 1 heterocycles. The van der Waals surface area contributed by atoms with Gasteiger partial charge >= 0.3 is 0 Å². The summed E-state index contributed by atoms with van der Waals surface area (Å²) in [4.78, 5) is 2.50. The minimum Gasteiger partial charge on any atom is -0.497 e. The lowest BCUT2D eigenvalue weighted by Crippen LogP contribution is -2.29. The van der Waals surface area contributed by atoms with Gasteiger partial charge in [0.15, 0.2) is 0 Å². The summed E-state index contributed by atoms with van der Waals surface area (Å²) in [6, 6.07) is 15.3. The molecule has 0 radical (unpaired) electrons. The third-order valence-corrected chi connectivity index (χ3v) is 5.24. The summed E-state index contributed by atoms with van der Waals surface area (Å²) >= 11 is 0. The maximum absolute atomic E-state index is 6.13. The third kappa shape index (κ3) is 4.78. The first-order valence-corrected chi connectivity index (χ1v) is 10.3. The van der Waals surface area contributed by atoms with Gasteiger partial charge in [0.1, 0.15) is 5.75 Å². The zero-order chi connectivity index (χ0) is 19.9. The molecule has 0 aliphatic carbocycles. The Hall–Kier alpha value is -2.68. The van der Waals surface area contributed by atoms with Crippen LogP contribution in [-0.2, 0) is 19.4 Å². The van der Waals surface area contributed by atoms with Crippen molar-refractivity contribution in [1.82, 2.24) is 4.90 Å². The van der Waals surface area contributed by atoms with Gasteiger partial charge in [-0.2, -0.15) is 0 Å². The lowest BCUT2D eigenvalue weighted by Gasteiger charge is -2.34. The van der Waals surface area contributed by atoms with Gasteiger partial charge in [0.2, 0.25) is 0 Å². The van der Waals surface area contributed by atoms with Crippen LogP contribution in [0.4, 0.5) is 0 Å². The van der Waals surface area contributed by atoms with Gasteiger partial charge in [-0.25, -0.2) is 0 Å². The highest BCUT2D eigenvalue weighted by Gasteiger charge is 2.21. The molecule has 0 bridgehead atoms. The fraction of sp³-hybridized carbons (Fsp3) is 0.360. The molecule has 0 saturated carbocycles. The Morgan fingerprint density at radius 3 is 2.50 bits per heavy atom. The molecule has 0 saturated heterocycles. The molecule has 148 valence electrons. The summed E-state index contributed by atoms with van der Waals surface area (Å²) in [5.74, 6) is 0.904.